The number of ether oxygens (including phenoxy) is 3. The zero-order valence-electron chi connectivity index (χ0n) is 16.3. The summed E-state index contributed by atoms with van der Waals surface area (Å²) >= 11 is 0. The molecule has 1 atom stereocenters. The molecule has 0 aromatic heterocycles. The van der Waals surface area contributed by atoms with Crippen molar-refractivity contribution in [3.05, 3.63) is 59.7 Å². The van der Waals surface area contributed by atoms with Crippen LogP contribution in [0.2, 0.25) is 0 Å². The van der Waals surface area contributed by atoms with Gasteiger partial charge in [-0.05, 0) is 48.7 Å². The van der Waals surface area contributed by atoms with Crippen molar-refractivity contribution in [3.63, 3.8) is 0 Å². The summed E-state index contributed by atoms with van der Waals surface area (Å²) in [5, 5.41) is 0. The molecule has 2 aliphatic rings. The van der Waals surface area contributed by atoms with E-state index in [1.165, 1.54) is 6.08 Å². The van der Waals surface area contributed by atoms with Crippen molar-refractivity contribution < 1.29 is 23.8 Å². The van der Waals surface area contributed by atoms with Gasteiger partial charge >= 0.3 is 5.97 Å². The first-order valence-electron chi connectivity index (χ1n) is 9.79. The molecule has 0 aliphatic carbocycles. The van der Waals surface area contributed by atoms with Crippen molar-refractivity contribution in [2.24, 2.45) is 0 Å². The van der Waals surface area contributed by atoms with Crippen LogP contribution in [0, 0.1) is 0 Å². The van der Waals surface area contributed by atoms with Crippen LogP contribution >= 0.6 is 0 Å². The number of hydrogen-bond acceptors (Lipinski definition) is 5. The standard InChI is InChI=1S/C23H23NO5/c1-16(23(26)24-12-11-18-5-2-3-6-19(18)24)29-22(25)10-8-17-7-9-20-21(15-17)28-14-4-13-27-20/h2-3,5-10,15-16H,4,11-14H2,1H3/b10-8+/t16-/m0/s1. The summed E-state index contributed by atoms with van der Waals surface area (Å²) in [5.41, 5.74) is 2.82. The molecule has 0 saturated heterocycles. The van der Waals surface area contributed by atoms with Gasteiger partial charge < -0.3 is 19.1 Å². The zero-order chi connectivity index (χ0) is 20.2. The second kappa shape index (κ2) is 8.39. The molecule has 0 N–H and O–H groups in total. The number of anilines is 1. The van der Waals surface area contributed by atoms with Crippen molar-refractivity contribution in [2.75, 3.05) is 24.7 Å². The molecule has 6 heteroatoms. The van der Waals surface area contributed by atoms with Crippen molar-refractivity contribution in [1.29, 1.82) is 0 Å². The molecule has 0 saturated carbocycles. The molecular formula is C23H23NO5. The monoisotopic (exact) mass is 393 g/mol. The topological polar surface area (TPSA) is 65.1 Å². The molecule has 0 bridgehead atoms. The first kappa shape index (κ1) is 19.1. The summed E-state index contributed by atoms with van der Waals surface area (Å²) < 4.78 is 16.6. The Balaban J connectivity index is 1.37. The van der Waals surface area contributed by atoms with Crippen LogP contribution in [0.15, 0.2) is 48.5 Å². The van der Waals surface area contributed by atoms with Gasteiger partial charge in [-0.1, -0.05) is 24.3 Å². The third kappa shape index (κ3) is 4.26. The number of rotatable bonds is 4. The van der Waals surface area contributed by atoms with Gasteiger partial charge in [-0.3, -0.25) is 4.79 Å². The van der Waals surface area contributed by atoms with E-state index in [4.69, 9.17) is 14.2 Å². The lowest BCUT2D eigenvalue weighted by atomic mass is 10.2. The van der Waals surface area contributed by atoms with Gasteiger partial charge in [0.05, 0.1) is 13.2 Å². The van der Waals surface area contributed by atoms with Gasteiger partial charge in [-0.15, -0.1) is 0 Å². The van der Waals surface area contributed by atoms with Gasteiger partial charge in [-0.2, -0.15) is 0 Å². The van der Waals surface area contributed by atoms with E-state index in [1.54, 1.807) is 17.9 Å². The first-order chi connectivity index (χ1) is 14.1. The molecule has 2 aromatic carbocycles. The van der Waals surface area contributed by atoms with Gasteiger partial charge in [0.15, 0.2) is 17.6 Å². The molecule has 0 radical (unpaired) electrons. The molecule has 1 amide bonds. The van der Waals surface area contributed by atoms with Gasteiger partial charge in [0.2, 0.25) is 0 Å². The van der Waals surface area contributed by atoms with Gasteiger partial charge in [0, 0.05) is 24.7 Å². The van der Waals surface area contributed by atoms with Crippen LogP contribution in [0.3, 0.4) is 0 Å². The predicted octanol–water partition coefficient (Wildman–Crippen LogP) is 3.38. The summed E-state index contributed by atoms with van der Waals surface area (Å²) in [6.07, 6.45) is 3.74. The molecule has 4 rings (SSSR count). The molecule has 150 valence electrons. The quantitative estimate of drug-likeness (QED) is 0.589. The Kier molecular flexibility index (Phi) is 5.51. The van der Waals surface area contributed by atoms with Crippen LogP contribution in [0.1, 0.15) is 24.5 Å². The van der Waals surface area contributed by atoms with E-state index in [0.29, 0.717) is 31.3 Å². The van der Waals surface area contributed by atoms with Gasteiger partial charge in [0.25, 0.3) is 5.91 Å². The normalized spacial score (nSPS) is 16.2. The van der Waals surface area contributed by atoms with Crippen molar-refractivity contribution in [2.45, 2.75) is 25.9 Å². The summed E-state index contributed by atoms with van der Waals surface area (Å²) in [5.74, 6) is 0.583. The molecule has 0 fully saturated rings. The third-order valence-electron chi connectivity index (χ3n) is 4.98. The van der Waals surface area contributed by atoms with Gasteiger partial charge in [-0.25, -0.2) is 4.79 Å². The molecule has 2 aromatic rings. The SMILES string of the molecule is C[C@H](OC(=O)/C=C/c1ccc2c(c1)OCCCO2)C(=O)N1CCc2ccccc21. The van der Waals surface area contributed by atoms with Gasteiger partial charge in [0.1, 0.15) is 0 Å². The van der Waals surface area contributed by atoms with E-state index >= 15 is 0 Å². The minimum absolute atomic E-state index is 0.215. The predicted molar refractivity (Wildman–Crippen MR) is 109 cm³/mol. The Morgan fingerprint density at radius 3 is 2.76 bits per heavy atom. The summed E-state index contributed by atoms with van der Waals surface area (Å²) in [4.78, 5) is 26.6. The fourth-order valence-electron chi connectivity index (χ4n) is 3.50. The minimum Gasteiger partial charge on any atom is -0.490 e. The average molecular weight is 393 g/mol. The summed E-state index contributed by atoms with van der Waals surface area (Å²) in [6, 6.07) is 13.3. The Bertz CT molecular complexity index is 952. The zero-order valence-corrected chi connectivity index (χ0v) is 16.3. The Hall–Kier alpha value is -3.28. The highest BCUT2D eigenvalue weighted by Gasteiger charge is 2.29. The van der Waals surface area contributed by atoms with Crippen molar-refractivity contribution >= 4 is 23.6 Å². The lowest BCUT2D eigenvalue weighted by molar-refractivity contribution is -0.149. The number of carbonyl (C=O) groups is 2. The maximum Gasteiger partial charge on any atom is 0.331 e. The van der Waals surface area contributed by atoms with E-state index in [2.05, 4.69) is 0 Å². The first-order valence-corrected chi connectivity index (χ1v) is 9.79. The van der Waals surface area contributed by atoms with Crippen LogP contribution in [-0.2, 0) is 20.7 Å². The third-order valence-corrected chi connectivity index (χ3v) is 4.98. The molecule has 0 unspecified atom stereocenters. The highest BCUT2D eigenvalue weighted by Crippen LogP contribution is 2.31. The van der Waals surface area contributed by atoms with Crippen LogP contribution in [0.5, 0.6) is 11.5 Å². The molecular weight excluding hydrogens is 370 g/mol. The second-order valence-electron chi connectivity index (χ2n) is 7.04. The number of amides is 1. The number of esters is 1. The van der Waals surface area contributed by atoms with Crippen LogP contribution in [0.4, 0.5) is 5.69 Å². The molecule has 29 heavy (non-hydrogen) atoms. The summed E-state index contributed by atoms with van der Waals surface area (Å²) in [6.45, 7) is 3.43. The smallest absolute Gasteiger partial charge is 0.331 e. The van der Waals surface area contributed by atoms with Crippen LogP contribution in [0.25, 0.3) is 6.08 Å². The number of carbonyl (C=O) groups excluding carboxylic acids is 2. The summed E-state index contributed by atoms with van der Waals surface area (Å²) in [7, 11) is 0. The lowest BCUT2D eigenvalue weighted by Crippen LogP contribution is -2.38. The maximum absolute atomic E-state index is 12.7. The number of benzene rings is 2. The van der Waals surface area contributed by atoms with Crippen molar-refractivity contribution in [1.82, 2.24) is 0 Å². The van der Waals surface area contributed by atoms with E-state index in [1.807, 2.05) is 42.5 Å². The van der Waals surface area contributed by atoms with E-state index < -0.39 is 12.1 Å². The molecule has 0 spiro atoms. The van der Waals surface area contributed by atoms with E-state index in [-0.39, 0.29) is 5.91 Å². The molecule has 6 nitrogen and oxygen atoms in total. The number of para-hydroxylation sites is 1. The molecule has 2 aliphatic heterocycles. The highest BCUT2D eigenvalue weighted by molar-refractivity contribution is 6.00. The minimum atomic E-state index is -0.859. The Morgan fingerprint density at radius 2 is 1.90 bits per heavy atom. The Morgan fingerprint density at radius 1 is 1.10 bits per heavy atom. The second-order valence-corrected chi connectivity index (χ2v) is 7.04. The number of hydrogen-bond donors (Lipinski definition) is 0. The average Bonchev–Trinajstić information content (AvgIpc) is 3.02. The fourth-order valence-corrected chi connectivity index (χ4v) is 3.50. The largest absolute Gasteiger partial charge is 0.490 e. The van der Waals surface area contributed by atoms with Crippen LogP contribution < -0.4 is 14.4 Å². The Labute approximate surface area is 169 Å². The van der Waals surface area contributed by atoms with Crippen LogP contribution in [-0.4, -0.2) is 37.7 Å². The number of nitrogens with zero attached hydrogens (tertiary/aromatic N) is 1. The van der Waals surface area contributed by atoms with E-state index in [9.17, 15) is 9.59 Å². The lowest BCUT2D eigenvalue weighted by Gasteiger charge is -2.21. The highest BCUT2D eigenvalue weighted by atomic mass is 16.5. The number of fused-ring (bicyclic) bond motifs is 2. The van der Waals surface area contributed by atoms with Crippen molar-refractivity contribution in [3.8, 4) is 11.5 Å². The molecule has 2 heterocycles. The fraction of sp³-hybridized carbons (Fsp3) is 0.304. The van der Waals surface area contributed by atoms with E-state index in [0.717, 1.165) is 29.7 Å². The maximum atomic E-state index is 12.7.